The first-order valence-electron chi connectivity index (χ1n) is 5.99. The van der Waals surface area contributed by atoms with Crippen molar-refractivity contribution < 1.29 is 4.39 Å². The Morgan fingerprint density at radius 1 is 1.35 bits per heavy atom. The molecule has 0 fully saturated rings. The fraction of sp³-hybridized carbons (Fsp3) is 0.154. The van der Waals surface area contributed by atoms with E-state index in [9.17, 15) is 4.39 Å². The van der Waals surface area contributed by atoms with Gasteiger partial charge in [-0.15, -0.1) is 11.8 Å². The molecule has 0 aliphatic rings. The molecule has 7 heteroatoms. The van der Waals surface area contributed by atoms with E-state index in [4.69, 9.17) is 0 Å². The van der Waals surface area contributed by atoms with Crippen molar-refractivity contribution in [3.8, 4) is 0 Å². The van der Waals surface area contributed by atoms with Crippen LogP contribution >= 0.6 is 11.8 Å². The standard InChI is InChI=1S/C13H12FN5S/c1-20-13-10-11(16-7-17-12(10)18-19-13)15-6-8-3-2-4-9(14)5-8/h2-5,7H,6H2,1H3,(H2,15,16,17,18,19). The van der Waals surface area contributed by atoms with Gasteiger partial charge in [-0.1, -0.05) is 12.1 Å². The number of aromatic nitrogens is 4. The Balaban J connectivity index is 1.89. The van der Waals surface area contributed by atoms with Gasteiger partial charge >= 0.3 is 0 Å². The minimum Gasteiger partial charge on any atom is -0.365 e. The molecule has 2 N–H and O–H groups in total. The predicted molar refractivity (Wildman–Crippen MR) is 77.2 cm³/mol. The van der Waals surface area contributed by atoms with Gasteiger partial charge < -0.3 is 5.32 Å². The zero-order valence-electron chi connectivity index (χ0n) is 10.7. The minimum absolute atomic E-state index is 0.245. The van der Waals surface area contributed by atoms with Crippen LogP contribution in [0.1, 0.15) is 5.56 Å². The Bertz CT molecular complexity index is 742. The molecule has 3 aromatic rings. The monoisotopic (exact) mass is 289 g/mol. The Morgan fingerprint density at radius 3 is 3.05 bits per heavy atom. The molecule has 102 valence electrons. The summed E-state index contributed by atoms with van der Waals surface area (Å²) < 4.78 is 13.1. The normalized spacial score (nSPS) is 10.9. The van der Waals surface area contributed by atoms with Gasteiger partial charge in [0.25, 0.3) is 0 Å². The summed E-state index contributed by atoms with van der Waals surface area (Å²) in [6.45, 7) is 0.489. The number of hydrogen-bond donors (Lipinski definition) is 2. The fourth-order valence-corrected chi connectivity index (χ4v) is 2.48. The van der Waals surface area contributed by atoms with Crippen LogP contribution in [0.4, 0.5) is 10.2 Å². The molecule has 0 spiro atoms. The molecule has 0 saturated carbocycles. The number of hydrogen-bond acceptors (Lipinski definition) is 5. The van der Waals surface area contributed by atoms with Gasteiger partial charge in [0, 0.05) is 6.54 Å². The Hall–Kier alpha value is -2.15. The zero-order chi connectivity index (χ0) is 13.9. The summed E-state index contributed by atoms with van der Waals surface area (Å²) in [4.78, 5) is 8.37. The predicted octanol–water partition coefficient (Wildman–Crippen LogP) is 2.83. The minimum atomic E-state index is -0.245. The van der Waals surface area contributed by atoms with E-state index in [0.717, 1.165) is 16.0 Å². The first-order valence-corrected chi connectivity index (χ1v) is 7.22. The number of thioether (sulfide) groups is 1. The van der Waals surface area contributed by atoms with Gasteiger partial charge in [0.05, 0.1) is 5.39 Å². The number of H-pyrrole nitrogens is 1. The van der Waals surface area contributed by atoms with E-state index in [1.165, 1.54) is 30.2 Å². The van der Waals surface area contributed by atoms with Gasteiger partial charge in [-0.2, -0.15) is 5.10 Å². The molecule has 0 radical (unpaired) electrons. The number of fused-ring (bicyclic) bond motifs is 1. The van der Waals surface area contributed by atoms with Gasteiger partial charge in [-0.25, -0.2) is 14.4 Å². The molecule has 2 aromatic heterocycles. The summed E-state index contributed by atoms with van der Waals surface area (Å²) >= 11 is 1.52. The quantitative estimate of drug-likeness (QED) is 0.723. The number of nitrogens with one attached hydrogen (secondary N) is 2. The highest BCUT2D eigenvalue weighted by Crippen LogP contribution is 2.27. The first-order chi connectivity index (χ1) is 9.78. The Kier molecular flexibility index (Phi) is 3.51. The lowest BCUT2D eigenvalue weighted by Crippen LogP contribution is -2.02. The SMILES string of the molecule is CSc1n[nH]c2ncnc(NCc3cccc(F)c3)c12. The highest BCUT2D eigenvalue weighted by atomic mass is 32.2. The van der Waals surface area contributed by atoms with Gasteiger partial charge in [-0.05, 0) is 24.0 Å². The van der Waals surface area contributed by atoms with Crippen molar-refractivity contribution in [1.82, 2.24) is 20.2 Å². The lowest BCUT2D eigenvalue weighted by molar-refractivity contribution is 0.626. The maximum atomic E-state index is 13.1. The number of anilines is 1. The van der Waals surface area contributed by atoms with Crippen LogP contribution in [0.3, 0.4) is 0 Å². The smallest absolute Gasteiger partial charge is 0.161 e. The van der Waals surface area contributed by atoms with Gasteiger partial charge in [-0.3, -0.25) is 5.10 Å². The summed E-state index contributed by atoms with van der Waals surface area (Å²) in [6.07, 6.45) is 3.41. The molecule has 0 atom stereocenters. The van der Waals surface area contributed by atoms with Crippen molar-refractivity contribution in [2.75, 3.05) is 11.6 Å². The van der Waals surface area contributed by atoms with Crippen LogP contribution in [-0.4, -0.2) is 26.4 Å². The maximum absolute atomic E-state index is 13.1. The van der Waals surface area contributed by atoms with Crippen LogP contribution in [0.15, 0.2) is 35.6 Å². The summed E-state index contributed by atoms with van der Waals surface area (Å²) in [6, 6.07) is 6.47. The molecule has 20 heavy (non-hydrogen) atoms. The van der Waals surface area contributed by atoms with Crippen LogP contribution in [0.25, 0.3) is 11.0 Å². The molecule has 3 rings (SSSR count). The molecule has 0 bridgehead atoms. The van der Waals surface area contributed by atoms with E-state index in [-0.39, 0.29) is 5.82 Å². The molecule has 0 saturated heterocycles. The zero-order valence-corrected chi connectivity index (χ0v) is 11.5. The molecule has 0 aliphatic carbocycles. The summed E-state index contributed by atoms with van der Waals surface area (Å²) in [7, 11) is 0. The summed E-state index contributed by atoms with van der Waals surface area (Å²) in [5.74, 6) is 0.447. The second kappa shape index (κ2) is 5.46. The van der Waals surface area contributed by atoms with Crippen LogP contribution in [0, 0.1) is 5.82 Å². The molecule has 5 nitrogen and oxygen atoms in total. The maximum Gasteiger partial charge on any atom is 0.161 e. The van der Waals surface area contributed by atoms with E-state index >= 15 is 0 Å². The number of benzene rings is 1. The van der Waals surface area contributed by atoms with E-state index in [1.54, 1.807) is 6.07 Å². The lowest BCUT2D eigenvalue weighted by Gasteiger charge is -2.07. The summed E-state index contributed by atoms with van der Waals surface area (Å²) in [5, 5.41) is 11.9. The van der Waals surface area contributed by atoms with Crippen molar-refractivity contribution in [1.29, 1.82) is 0 Å². The number of rotatable bonds is 4. The molecule has 0 aliphatic heterocycles. The van der Waals surface area contributed by atoms with Crippen LogP contribution in [-0.2, 0) is 6.54 Å². The van der Waals surface area contributed by atoms with Gasteiger partial charge in [0.1, 0.15) is 23.0 Å². The van der Waals surface area contributed by atoms with Crippen LogP contribution in [0.2, 0.25) is 0 Å². The molecule has 0 amide bonds. The van der Waals surface area contributed by atoms with Crippen molar-refractivity contribution in [2.24, 2.45) is 0 Å². The number of aromatic amines is 1. The number of halogens is 1. The van der Waals surface area contributed by atoms with E-state index in [1.807, 2.05) is 12.3 Å². The average molecular weight is 289 g/mol. The van der Waals surface area contributed by atoms with Crippen molar-refractivity contribution in [3.63, 3.8) is 0 Å². The highest BCUT2D eigenvalue weighted by Gasteiger charge is 2.11. The second-order valence-corrected chi connectivity index (χ2v) is 4.96. The topological polar surface area (TPSA) is 66.5 Å². The van der Waals surface area contributed by atoms with E-state index < -0.39 is 0 Å². The van der Waals surface area contributed by atoms with Crippen LogP contribution in [0.5, 0.6) is 0 Å². The van der Waals surface area contributed by atoms with Crippen molar-refractivity contribution in [3.05, 3.63) is 42.0 Å². The number of nitrogens with zero attached hydrogens (tertiary/aromatic N) is 3. The third-order valence-electron chi connectivity index (χ3n) is 2.87. The third-order valence-corrected chi connectivity index (χ3v) is 3.55. The average Bonchev–Trinajstić information content (AvgIpc) is 2.89. The first kappa shape index (κ1) is 12.9. The summed E-state index contributed by atoms with van der Waals surface area (Å²) in [5.41, 5.74) is 1.54. The van der Waals surface area contributed by atoms with E-state index in [0.29, 0.717) is 18.0 Å². The van der Waals surface area contributed by atoms with Gasteiger partial charge in [0.15, 0.2) is 5.65 Å². The van der Waals surface area contributed by atoms with Crippen LogP contribution < -0.4 is 5.32 Å². The Morgan fingerprint density at radius 2 is 2.25 bits per heavy atom. The molecular formula is C13H12FN5S. The van der Waals surface area contributed by atoms with Gasteiger partial charge in [0.2, 0.25) is 0 Å². The molecule has 0 unspecified atom stereocenters. The van der Waals surface area contributed by atoms with Crippen molar-refractivity contribution >= 4 is 28.6 Å². The Labute approximate surface area is 119 Å². The molecule has 2 heterocycles. The second-order valence-electron chi connectivity index (χ2n) is 4.16. The molecular weight excluding hydrogens is 277 g/mol. The third kappa shape index (κ3) is 2.44. The van der Waals surface area contributed by atoms with E-state index in [2.05, 4.69) is 25.5 Å². The fourth-order valence-electron chi connectivity index (χ4n) is 1.95. The molecule has 1 aromatic carbocycles. The lowest BCUT2D eigenvalue weighted by atomic mass is 10.2. The highest BCUT2D eigenvalue weighted by molar-refractivity contribution is 7.98. The largest absolute Gasteiger partial charge is 0.365 e. The van der Waals surface area contributed by atoms with Crippen molar-refractivity contribution in [2.45, 2.75) is 11.6 Å².